The van der Waals surface area contributed by atoms with E-state index >= 15 is 0 Å². The molecule has 0 radical (unpaired) electrons. The zero-order valence-corrected chi connectivity index (χ0v) is 17.0. The fourth-order valence-electron chi connectivity index (χ4n) is 3.06. The Morgan fingerprint density at radius 3 is 2.54 bits per heavy atom. The van der Waals surface area contributed by atoms with Crippen LogP contribution in [0.25, 0.3) is 11.4 Å². The molecule has 0 aliphatic rings. The van der Waals surface area contributed by atoms with Crippen molar-refractivity contribution >= 4 is 17.7 Å². The van der Waals surface area contributed by atoms with E-state index in [9.17, 15) is 4.79 Å². The van der Waals surface area contributed by atoms with E-state index < -0.39 is 0 Å². The largest absolute Gasteiger partial charge is 0.349 e. The van der Waals surface area contributed by atoms with Gasteiger partial charge in [0.25, 0.3) is 0 Å². The summed E-state index contributed by atoms with van der Waals surface area (Å²) in [4.78, 5) is 16.6. The summed E-state index contributed by atoms with van der Waals surface area (Å²) in [5.41, 5.74) is 2.10. The molecule has 2 heterocycles. The van der Waals surface area contributed by atoms with Crippen molar-refractivity contribution in [3.63, 3.8) is 0 Å². The first-order valence-corrected chi connectivity index (χ1v) is 10.5. The van der Waals surface area contributed by atoms with E-state index in [1.807, 2.05) is 41.8 Å². The van der Waals surface area contributed by atoms with Crippen molar-refractivity contribution < 1.29 is 4.79 Å². The summed E-state index contributed by atoms with van der Waals surface area (Å²) < 4.78 is 2.02. The Morgan fingerprint density at radius 1 is 1.11 bits per heavy atom. The van der Waals surface area contributed by atoms with Gasteiger partial charge in [-0.15, -0.1) is 10.2 Å². The lowest BCUT2D eigenvalue weighted by molar-refractivity contribution is -0.119. The second-order valence-corrected chi connectivity index (χ2v) is 7.34. The van der Waals surface area contributed by atoms with Gasteiger partial charge in [-0.3, -0.25) is 9.78 Å². The van der Waals surface area contributed by atoms with E-state index in [-0.39, 0.29) is 11.9 Å². The molecule has 1 unspecified atom stereocenters. The molecule has 3 aromatic rings. The van der Waals surface area contributed by atoms with Gasteiger partial charge in [0.05, 0.1) is 11.8 Å². The van der Waals surface area contributed by atoms with E-state index in [0.29, 0.717) is 5.75 Å². The molecule has 28 heavy (non-hydrogen) atoms. The molecule has 1 N–H and O–H groups in total. The highest BCUT2D eigenvalue weighted by Crippen LogP contribution is 2.24. The molecule has 1 amide bonds. The molecule has 0 saturated heterocycles. The molecule has 146 valence electrons. The minimum absolute atomic E-state index is 0.00316. The van der Waals surface area contributed by atoms with Crippen LogP contribution in [0.4, 0.5) is 0 Å². The van der Waals surface area contributed by atoms with Crippen molar-refractivity contribution in [2.45, 2.75) is 44.4 Å². The van der Waals surface area contributed by atoms with E-state index in [1.165, 1.54) is 11.8 Å². The first kappa shape index (κ1) is 20.1. The van der Waals surface area contributed by atoms with Gasteiger partial charge in [0.15, 0.2) is 11.0 Å². The number of nitrogens with one attached hydrogen (secondary N) is 1. The number of amides is 1. The lowest BCUT2D eigenvalue weighted by Gasteiger charge is -2.18. The van der Waals surface area contributed by atoms with E-state index in [0.717, 1.165) is 41.5 Å². The first-order valence-electron chi connectivity index (χ1n) is 9.53. The Balaban J connectivity index is 1.65. The predicted molar refractivity (Wildman–Crippen MR) is 112 cm³/mol. The van der Waals surface area contributed by atoms with E-state index in [1.54, 1.807) is 12.4 Å². The van der Waals surface area contributed by atoms with Gasteiger partial charge in [-0.2, -0.15) is 0 Å². The van der Waals surface area contributed by atoms with Gasteiger partial charge in [0.1, 0.15) is 0 Å². The van der Waals surface area contributed by atoms with Gasteiger partial charge in [-0.25, -0.2) is 0 Å². The fraction of sp³-hybridized carbons (Fsp3) is 0.333. The molecule has 6 nitrogen and oxygen atoms in total. The molecule has 3 rings (SSSR count). The Hall–Kier alpha value is -2.67. The molecule has 2 aromatic heterocycles. The van der Waals surface area contributed by atoms with Crippen LogP contribution in [-0.2, 0) is 11.3 Å². The van der Waals surface area contributed by atoms with Gasteiger partial charge >= 0.3 is 0 Å². The number of pyridine rings is 1. The van der Waals surface area contributed by atoms with Crippen molar-refractivity contribution in [1.82, 2.24) is 25.1 Å². The van der Waals surface area contributed by atoms with Crippen LogP contribution in [0.3, 0.4) is 0 Å². The molecule has 0 fully saturated rings. The van der Waals surface area contributed by atoms with Crippen LogP contribution < -0.4 is 5.32 Å². The molecule has 0 aliphatic carbocycles. The predicted octanol–water partition coefficient (Wildman–Crippen LogP) is 4.11. The Bertz CT molecular complexity index is 882. The number of rotatable bonds is 9. The Morgan fingerprint density at radius 2 is 1.86 bits per heavy atom. The summed E-state index contributed by atoms with van der Waals surface area (Å²) in [5.74, 6) is 1.10. The van der Waals surface area contributed by atoms with Gasteiger partial charge in [0.2, 0.25) is 5.91 Å². The number of hydrogen-bond acceptors (Lipinski definition) is 5. The average molecular weight is 396 g/mol. The van der Waals surface area contributed by atoms with Gasteiger partial charge in [-0.1, -0.05) is 55.4 Å². The van der Waals surface area contributed by atoms with E-state index in [2.05, 4.69) is 39.6 Å². The maximum Gasteiger partial charge on any atom is 0.230 e. The topological polar surface area (TPSA) is 72.7 Å². The van der Waals surface area contributed by atoms with Gasteiger partial charge < -0.3 is 9.88 Å². The summed E-state index contributed by atoms with van der Waals surface area (Å²) in [6, 6.07) is 14.0. The van der Waals surface area contributed by atoms with Crippen LogP contribution in [-0.4, -0.2) is 31.4 Å². The van der Waals surface area contributed by atoms with Crippen LogP contribution in [0.15, 0.2) is 60.0 Å². The third-order valence-corrected chi connectivity index (χ3v) is 5.39. The SMILES string of the molecule is CCCC(NC(=O)CSc1nnc(-c2ccncc2)n1CC)c1ccccc1. The van der Waals surface area contributed by atoms with Crippen molar-refractivity contribution in [2.24, 2.45) is 0 Å². The molecular weight excluding hydrogens is 370 g/mol. The highest BCUT2D eigenvalue weighted by Gasteiger charge is 2.17. The third kappa shape index (κ3) is 4.98. The number of carbonyl (C=O) groups excluding carboxylic acids is 1. The quantitative estimate of drug-likeness (QED) is 0.552. The van der Waals surface area contributed by atoms with Crippen molar-refractivity contribution in [3.05, 3.63) is 60.4 Å². The van der Waals surface area contributed by atoms with E-state index in [4.69, 9.17) is 0 Å². The van der Waals surface area contributed by atoms with Gasteiger partial charge in [-0.05, 0) is 31.0 Å². The van der Waals surface area contributed by atoms with Crippen molar-refractivity contribution in [2.75, 3.05) is 5.75 Å². The zero-order chi connectivity index (χ0) is 19.8. The normalized spacial score (nSPS) is 11.9. The molecule has 1 aromatic carbocycles. The summed E-state index contributed by atoms with van der Waals surface area (Å²) in [5, 5.41) is 12.5. The minimum Gasteiger partial charge on any atom is -0.349 e. The monoisotopic (exact) mass is 395 g/mol. The van der Waals surface area contributed by atoms with Crippen LogP contribution in [0.5, 0.6) is 0 Å². The van der Waals surface area contributed by atoms with Crippen LogP contribution >= 0.6 is 11.8 Å². The molecule has 7 heteroatoms. The Labute approximate surface area is 169 Å². The maximum absolute atomic E-state index is 12.6. The molecule has 0 aliphatic heterocycles. The minimum atomic E-state index is 0.00316. The molecule has 0 spiro atoms. The maximum atomic E-state index is 12.6. The smallest absolute Gasteiger partial charge is 0.230 e. The number of nitrogens with zero attached hydrogens (tertiary/aromatic N) is 4. The number of carbonyl (C=O) groups is 1. The van der Waals surface area contributed by atoms with Crippen LogP contribution in [0, 0.1) is 0 Å². The fourth-order valence-corrected chi connectivity index (χ4v) is 3.87. The third-order valence-electron chi connectivity index (χ3n) is 4.42. The molecule has 0 bridgehead atoms. The summed E-state index contributed by atoms with van der Waals surface area (Å²) >= 11 is 1.41. The van der Waals surface area contributed by atoms with Crippen molar-refractivity contribution in [3.8, 4) is 11.4 Å². The summed E-state index contributed by atoms with van der Waals surface area (Å²) in [6.45, 7) is 4.91. The van der Waals surface area contributed by atoms with Gasteiger partial charge in [0, 0.05) is 24.5 Å². The molecular formula is C21H25N5OS. The summed E-state index contributed by atoms with van der Waals surface area (Å²) in [7, 11) is 0. The first-order chi connectivity index (χ1) is 13.7. The molecule has 0 saturated carbocycles. The lowest BCUT2D eigenvalue weighted by atomic mass is 10.0. The second-order valence-electron chi connectivity index (χ2n) is 6.39. The second kappa shape index (κ2) is 10.0. The lowest BCUT2D eigenvalue weighted by Crippen LogP contribution is -2.30. The van der Waals surface area contributed by atoms with Crippen LogP contribution in [0.2, 0.25) is 0 Å². The zero-order valence-electron chi connectivity index (χ0n) is 16.2. The number of benzene rings is 1. The number of hydrogen-bond donors (Lipinski definition) is 1. The average Bonchev–Trinajstić information content (AvgIpc) is 3.16. The number of aromatic nitrogens is 4. The molecule has 1 atom stereocenters. The Kier molecular flexibility index (Phi) is 7.19. The highest BCUT2D eigenvalue weighted by molar-refractivity contribution is 7.99. The summed E-state index contributed by atoms with van der Waals surface area (Å²) in [6.07, 6.45) is 5.40. The van der Waals surface area contributed by atoms with Crippen LogP contribution in [0.1, 0.15) is 38.3 Å². The van der Waals surface area contributed by atoms with Crippen molar-refractivity contribution in [1.29, 1.82) is 0 Å². The number of thioether (sulfide) groups is 1. The standard InChI is InChI=1S/C21H25N5OS/c1-3-8-18(16-9-6-5-7-10-16)23-19(27)15-28-21-25-24-20(26(21)4-2)17-11-13-22-14-12-17/h5-7,9-14,18H,3-4,8,15H2,1-2H3,(H,23,27). The highest BCUT2D eigenvalue weighted by atomic mass is 32.2.